The maximum atomic E-state index is 12.8. The summed E-state index contributed by atoms with van der Waals surface area (Å²) in [4.78, 5) is 0.262. The molecule has 0 aromatic heterocycles. The first kappa shape index (κ1) is 18.3. The predicted octanol–water partition coefficient (Wildman–Crippen LogP) is 3.09. The van der Waals surface area contributed by atoms with Crippen LogP contribution in [0.5, 0.6) is 11.5 Å². The van der Waals surface area contributed by atoms with Crippen LogP contribution in [0.2, 0.25) is 0 Å². The van der Waals surface area contributed by atoms with Crippen LogP contribution in [0.1, 0.15) is 18.1 Å². The van der Waals surface area contributed by atoms with E-state index in [-0.39, 0.29) is 11.4 Å². The topological polar surface area (TPSA) is 55.8 Å². The van der Waals surface area contributed by atoms with Crippen LogP contribution in [-0.4, -0.2) is 34.0 Å². The zero-order valence-electron chi connectivity index (χ0n) is 14.4. The number of aryl methyl sites for hydroxylation is 1. The minimum absolute atomic E-state index is 0.236. The van der Waals surface area contributed by atoms with Crippen molar-refractivity contribution in [3.63, 3.8) is 0 Å². The maximum absolute atomic E-state index is 12.8. The minimum Gasteiger partial charge on any atom is -0.496 e. The number of para-hydroxylation sites is 1. The Morgan fingerprint density at radius 2 is 1.58 bits per heavy atom. The van der Waals surface area contributed by atoms with Crippen LogP contribution in [0.25, 0.3) is 0 Å². The van der Waals surface area contributed by atoms with Crippen molar-refractivity contribution in [2.45, 2.75) is 24.8 Å². The van der Waals surface area contributed by atoms with E-state index in [0.29, 0.717) is 17.9 Å². The lowest BCUT2D eigenvalue weighted by Crippen LogP contribution is -2.26. The van der Waals surface area contributed by atoms with Gasteiger partial charge in [-0.05, 0) is 36.2 Å². The summed E-state index contributed by atoms with van der Waals surface area (Å²) in [5, 5.41) is 0. The largest absolute Gasteiger partial charge is 0.496 e. The molecule has 0 heterocycles. The van der Waals surface area contributed by atoms with Gasteiger partial charge in [-0.25, -0.2) is 8.42 Å². The van der Waals surface area contributed by atoms with Gasteiger partial charge < -0.3 is 9.47 Å². The molecule has 2 rings (SSSR count). The molecule has 2 aromatic carbocycles. The van der Waals surface area contributed by atoms with Gasteiger partial charge in [0.15, 0.2) is 0 Å². The van der Waals surface area contributed by atoms with Gasteiger partial charge in [-0.15, -0.1) is 0 Å². The van der Waals surface area contributed by atoms with Crippen molar-refractivity contribution in [2.75, 3.05) is 21.3 Å². The van der Waals surface area contributed by atoms with Crippen molar-refractivity contribution in [3.05, 3.63) is 53.6 Å². The monoisotopic (exact) mass is 349 g/mol. The smallest absolute Gasteiger partial charge is 0.243 e. The normalized spacial score (nSPS) is 11.5. The fourth-order valence-corrected chi connectivity index (χ4v) is 3.73. The summed E-state index contributed by atoms with van der Waals surface area (Å²) in [5.74, 6) is 1.37. The number of hydrogen-bond acceptors (Lipinski definition) is 4. The average molecular weight is 349 g/mol. The Morgan fingerprint density at radius 3 is 2.21 bits per heavy atom. The highest BCUT2D eigenvalue weighted by molar-refractivity contribution is 7.89. The second-order valence-corrected chi connectivity index (χ2v) is 7.45. The molecule has 0 aliphatic heterocycles. The van der Waals surface area contributed by atoms with Gasteiger partial charge in [-0.2, -0.15) is 4.31 Å². The fourth-order valence-electron chi connectivity index (χ4n) is 2.53. The zero-order chi connectivity index (χ0) is 17.7. The summed E-state index contributed by atoms with van der Waals surface area (Å²) in [5.41, 5.74) is 1.68. The molecule has 0 fully saturated rings. The number of nitrogens with zero attached hydrogens (tertiary/aromatic N) is 1. The maximum Gasteiger partial charge on any atom is 0.243 e. The number of sulfonamides is 1. The highest BCUT2D eigenvalue weighted by Crippen LogP contribution is 2.26. The number of hydrogen-bond donors (Lipinski definition) is 0. The van der Waals surface area contributed by atoms with Crippen molar-refractivity contribution >= 4 is 10.0 Å². The molecule has 0 radical (unpaired) electrons. The molecule has 0 saturated heterocycles. The number of ether oxygens (including phenoxy) is 2. The van der Waals surface area contributed by atoms with Crippen molar-refractivity contribution in [2.24, 2.45) is 0 Å². The molecule has 24 heavy (non-hydrogen) atoms. The van der Waals surface area contributed by atoms with E-state index in [0.717, 1.165) is 11.1 Å². The van der Waals surface area contributed by atoms with E-state index in [1.54, 1.807) is 39.5 Å². The second-order valence-electron chi connectivity index (χ2n) is 5.40. The van der Waals surface area contributed by atoms with Crippen LogP contribution >= 0.6 is 0 Å². The lowest BCUT2D eigenvalue weighted by Gasteiger charge is -2.19. The first-order valence-corrected chi connectivity index (χ1v) is 9.13. The third kappa shape index (κ3) is 3.71. The summed E-state index contributed by atoms with van der Waals surface area (Å²) in [6.07, 6.45) is 0.697. The Labute approximate surface area is 143 Å². The molecule has 0 N–H and O–H groups in total. The van der Waals surface area contributed by atoms with Gasteiger partial charge in [0.05, 0.1) is 19.1 Å². The van der Waals surface area contributed by atoms with Crippen LogP contribution in [0.15, 0.2) is 47.4 Å². The molecule has 6 heteroatoms. The van der Waals surface area contributed by atoms with Gasteiger partial charge in [-0.3, -0.25) is 0 Å². The third-order valence-corrected chi connectivity index (χ3v) is 5.73. The van der Waals surface area contributed by atoms with E-state index >= 15 is 0 Å². The molecular weight excluding hydrogens is 326 g/mol. The van der Waals surface area contributed by atoms with Gasteiger partial charge in [-0.1, -0.05) is 25.1 Å². The predicted molar refractivity (Wildman–Crippen MR) is 94.0 cm³/mol. The second kappa shape index (κ2) is 7.68. The van der Waals surface area contributed by atoms with Gasteiger partial charge in [0, 0.05) is 19.2 Å². The Balaban J connectivity index is 2.32. The fraction of sp³-hybridized carbons (Fsp3) is 0.333. The Morgan fingerprint density at radius 1 is 0.958 bits per heavy atom. The van der Waals surface area contributed by atoms with Crippen molar-refractivity contribution in [1.82, 2.24) is 4.31 Å². The molecule has 0 saturated carbocycles. The molecule has 0 atom stereocenters. The molecular formula is C18H23NO4S. The molecule has 0 spiro atoms. The highest BCUT2D eigenvalue weighted by atomic mass is 32.2. The number of rotatable bonds is 7. The van der Waals surface area contributed by atoms with Gasteiger partial charge in [0.2, 0.25) is 10.0 Å². The van der Waals surface area contributed by atoms with Crippen molar-refractivity contribution in [3.8, 4) is 11.5 Å². The first-order valence-electron chi connectivity index (χ1n) is 7.69. The molecule has 0 aliphatic carbocycles. The van der Waals surface area contributed by atoms with Gasteiger partial charge in [0.1, 0.15) is 11.5 Å². The van der Waals surface area contributed by atoms with Crippen molar-refractivity contribution in [1.29, 1.82) is 0 Å². The molecule has 5 nitrogen and oxygen atoms in total. The van der Waals surface area contributed by atoms with E-state index in [9.17, 15) is 8.42 Å². The lowest BCUT2D eigenvalue weighted by molar-refractivity contribution is 0.398. The molecule has 0 unspecified atom stereocenters. The van der Waals surface area contributed by atoms with Crippen LogP contribution < -0.4 is 9.47 Å². The Hall–Kier alpha value is -2.05. The quantitative estimate of drug-likeness (QED) is 0.771. The molecule has 2 aromatic rings. The molecule has 130 valence electrons. The van der Waals surface area contributed by atoms with E-state index < -0.39 is 10.0 Å². The van der Waals surface area contributed by atoms with Crippen LogP contribution in [0.3, 0.4) is 0 Å². The van der Waals surface area contributed by atoms with E-state index in [1.165, 1.54) is 4.31 Å². The van der Waals surface area contributed by atoms with E-state index in [1.807, 2.05) is 31.2 Å². The summed E-state index contributed by atoms with van der Waals surface area (Å²) in [6, 6.07) is 12.3. The first-order chi connectivity index (χ1) is 11.4. The summed E-state index contributed by atoms with van der Waals surface area (Å²) in [6.45, 7) is 2.20. The standard InChI is InChI=1S/C18H23NO4S/c1-5-14-12-16(10-11-18(14)23-4)24(20,21)19(2)13-15-8-6-7-9-17(15)22-3/h6-12H,5,13H2,1-4H3. The Bertz CT molecular complexity index is 802. The third-order valence-electron chi connectivity index (χ3n) is 3.93. The summed E-state index contributed by atoms with van der Waals surface area (Å²) >= 11 is 0. The van der Waals surface area contributed by atoms with Crippen LogP contribution in [0.4, 0.5) is 0 Å². The van der Waals surface area contributed by atoms with E-state index in [4.69, 9.17) is 9.47 Å². The van der Waals surface area contributed by atoms with E-state index in [2.05, 4.69) is 0 Å². The highest BCUT2D eigenvalue weighted by Gasteiger charge is 2.23. The lowest BCUT2D eigenvalue weighted by atomic mass is 10.1. The van der Waals surface area contributed by atoms with Crippen LogP contribution in [0, 0.1) is 0 Å². The molecule has 0 amide bonds. The average Bonchev–Trinajstić information content (AvgIpc) is 2.61. The SMILES string of the molecule is CCc1cc(S(=O)(=O)N(C)Cc2ccccc2OC)ccc1OC. The van der Waals surface area contributed by atoms with Gasteiger partial charge >= 0.3 is 0 Å². The minimum atomic E-state index is -3.60. The molecule has 0 aliphatic rings. The van der Waals surface area contributed by atoms with Crippen molar-refractivity contribution < 1.29 is 17.9 Å². The Kier molecular flexibility index (Phi) is 5.85. The molecule has 0 bridgehead atoms. The summed E-state index contributed by atoms with van der Waals surface area (Å²) < 4.78 is 37.6. The number of benzene rings is 2. The summed E-state index contributed by atoms with van der Waals surface area (Å²) in [7, 11) is 1.12. The van der Waals surface area contributed by atoms with Gasteiger partial charge in [0.25, 0.3) is 0 Å². The van der Waals surface area contributed by atoms with Crippen LogP contribution in [-0.2, 0) is 23.0 Å². The number of methoxy groups -OCH3 is 2. The zero-order valence-corrected chi connectivity index (χ0v) is 15.3.